The van der Waals surface area contributed by atoms with Crippen molar-refractivity contribution in [3.05, 3.63) is 182 Å². The van der Waals surface area contributed by atoms with Gasteiger partial charge in [0.2, 0.25) is 0 Å². The quantitative estimate of drug-likeness (QED) is 0.176. The number of rotatable bonds is 5. The molecule has 0 aliphatic carbocycles. The average molecular weight is 731 g/mol. The molecule has 0 aliphatic heterocycles. The van der Waals surface area contributed by atoms with Crippen LogP contribution in [0.2, 0.25) is 0 Å². The number of fused-ring (bicyclic) bond motifs is 9. The lowest BCUT2D eigenvalue weighted by Crippen LogP contribution is -2.00. The van der Waals surface area contributed by atoms with Crippen LogP contribution in [-0.2, 0) is 0 Å². The van der Waals surface area contributed by atoms with Gasteiger partial charge in [-0.05, 0) is 48.5 Å². The average Bonchev–Trinajstić information content (AvgIpc) is 3.96. The Kier molecular flexibility index (Phi) is 6.83. The molecule has 0 atom stereocenters. The Balaban J connectivity index is 1.07. The third-order valence-corrected chi connectivity index (χ3v) is 11.1. The van der Waals surface area contributed by atoms with E-state index < -0.39 is 0 Å². The Labute approximate surface area is 325 Å². The van der Waals surface area contributed by atoms with Crippen molar-refractivity contribution in [3.8, 4) is 51.0 Å². The lowest BCUT2D eigenvalue weighted by molar-refractivity contribution is 0.665. The van der Waals surface area contributed by atoms with Gasteiger partial charge in [-0.2, -0.15) is 0 Å². The van der Waals surface area contributed by atoms with Crippen LogP contribution in [0.15, 0.2) is 191 Å². The van der Waals surface area contributed by atoms with Crippen molar-refractivity contribution < 1.29 is 8.83 Å². The van der Waals surface area contributed by atoms with Crippen molar-refractivity contribution in [1.82, 2.24) is 19.5 Å². The van der Waals surface area contributed by atoms with E-state index in [-0.39, 0.29) is 0 Å². The van der Waals surface area contributed by atoms with Crippen molar-refractivity contribution in [2.75, 3.05) is 0 Å². The number of para-hydroxylation sites is 6. The standard InChI is InChI=1S/C51H30N4O2/c1-3-14-31(15-4-1)49-52-50(32-28-29-44-42(30-32)34-18-7-9-26-43(34)55(44)33-16-5-2-6-17-33)54-51(53-49)41-25-13-24-40-39-23-12-22-38(47(39)57-48(40)41)37-21-11-20-36-35-19-8-10-27-45(35)56-46(36)37/h1-30H. The van der Waals surface area contributed by atoms with Gasteiger partial charge in [0.25, 0.3) is 0 Å². The zero-order valence-electron chi connectivity index (χ0n) is 30.4. The van der Waals surface area contributed by atoms with Crippen molar-refractivity contribution in [1.29, 1.82) is 0 Å². The van der Waals surface area contributed by atoms with Crippen LogP contribution in [0.3, 0.4) is 0 Å². The molecule has 0 aliphatic rings. The molecule has 57 heavy (non-hydrogen) atoms. The van der Waals surface area contributed by atoms with Crippen molar-refractivity contribution in [2.24, 2.45) is 0 Å². The Morgan fingerprint density at radius 2 is 0.860 bits per heavy atom. The third-order valence-electron chi connectivity index (χ3n) is 11.1. The van der Waals surface area contributed by atoms with Crippen LogP contribution in [0.25, 0.3) is 117 Å². The van der Waals surface area contributed by atoms with E-state index in [9.17, 15) is 0 Å². The summed E-state index contributed by atoms with van der Waals surface area (Å²) in [6, 6.07) is 62.6. The Hall–Kier alpha value is -7.83. The fraction of sp³-hybridized carbons (Fsp3) is 0. The Morgan fingerprint density at radius 1 is 0.333 bits per heavy atom. The van der Waals surface area contributed by atoms with Gasteiger partial charge in [-0.3, -0.25) is 0 Å². The molecule has 6 nitrogen and oxygen atoms in total. The van der Waals surface area contributed by atoms with Crippen LogP contribution in [0, 0.1) is 0 Å². The fourth-order valence-electron chi connectivity index (χ4n) is 8.48. The molecule has 4 heterocycles. The molecular weight excluding hydrogens is 701 g/mol. The minimum atomic E-state index is 0.538. The van der Waals surface area contributed by atoms with Crippen LogP contribution in [-0.4, -0.2) is 19.5 Å². The first kappa shape index (κ1) is 31.5. The number of hydrogen-bond acceptors (Lipinski definition) is 5. The molecule has 0 saturated carbocycles. The third kappa shape index (κ3) is 4.87. The minimum absolute atomic E-state index is 0.538. The molecule has 0 bridgehead atoms. The number of nitrogens with zero attached hydrogens (tertiary/aromatic N) is 4. The number of hydrogen-bond donors (Lipinski definition) is 0. The first-order valence-electron chi connectivity index (χ1n) is 19.0. The molecule has 12 rings (SSSR count). The Morgan fingerprint density at radius 3 is 1.61 bits per heavy atom. The summed E-state index contributed by atoms with van der Waals surface area (Å²) < 4.78 is 15.7. The summed E-state index contributed by atoms with van der Waals surface area (Å²) in [6.45, 7) is 0. The molecule has 12 aromatic rings. The molecule has 266 valence electrons. The highest BCUT2D eigenvalue weighted by Gasteiger charge is 2.22. The maximum atomic E-state index is 6.94. The molecule has 0 saturated heterocycles. The Bertz CT molecular complexity index is 3530. The van der Waals surface area contributed by atoms with E-state index in [0.717, 1.165) is 93.6 Å². The number of benzene rings is 8. The first-order valence-corrected chi connectivity index (χ1v) is 19.0. The highest BCUT2D eigenvalue weighted by molar-refractivity contribution is 6.16. The summed E-state index contributed by atoms with van der Waals surface area (Å²) in [5, 5.41) is 6.45. The monoisotopic (exact) mass is 730 g/mol. The maximum absolute atomic E-state index is 6.94. The lowest BCUT2D eigenvalue weighted by atomic mass is 9.99. The van der Waals surface area contributed by atoms with Gasteiger partial charge < -0.3 is 13.4 Å². The first-order chi connectivity index (χ1) is 28.3. The van der Waals surface area contributed by atoms with Crippen LogP contribution < -0.4 is 0 Å². The molecule has 8 aromatic carbocycles. The lowest BCUT2D eigenvalue weighted by Gasteiger charge is -2.10. The summed E-state index contributed by atoms with van der Waals surface area (Å²) in [5.41, 5.74) is 11.1. The van der Waals surface area contributed by atoms with Crippen molar-refractivity contribution in [3.63, 3.8) is 0 Å². The van der Waals surface area contributed by atoms with Crippen LogP contribution in [0.1, 0.15) is 0 Å². The summed E-state index contributed by atoms with van der Waals surface area (Å²) in [4.78, 5) is 15.4. The van der Waals surface area contributed by atoms with E-state index in [2.05, 4.69) is 126 Å². The molecule has 0 spiro atoms. The van der Waals surface area contributed by atoms with E-state index in [1.54, 1.807) is 0 Å². The highest BCUT2D eigenvalue weighted by atomic mass is 16.3. The molecule has 0 radical (unpaired) electrons. The van der Waals surface area contributed by atoms with E-state index in [4.69, 9.17) is 23.8 Å². The molecule has 0 fully saturated rings. The van der Waals surface area contributed by atoms with Gasteiger partial charge in [0.05, 0.1) is 16.6 Å². The molecule has 0 N–H and O–H groups in total. The van der Waals surface area contributed by atoms with Crippen molar-refractivity contribution >= 4 is 65.7 Å². The highest BCUT2D eigenvalue weighted by Crippen LogP contribution is 2.43. The van der Waals surface area contributed by atoms with Gasteiger partial charge in [-0.15, -0.1) is 0 Å². The summed E-state index contributed by atoms with van der Waals surface area (Å²) >= 11 is 0. The molecular formula is C51H30N4O2. The smallest absolute Gasteiger partial charge is 0.167 e. The number of furan rings is 2. The second-order valence-corrected chi connectivity index (χ2v) is 14.3. The molecule has 6 heteroatoms. The van der Waals surface area contributed by atoms with Crippen molar-refractivity contribution in [2.45, 2.75) is 0 Å². The van der Waals surface area contributed by atoms with E-state index in [1.807, 2.05) is 60.7 Å². The van der Waals surface area contributed by atoms with Crippen LogP contribution in [0.5, 0.6) is 0 Å². The SMILES string of the molecule is c1ccc(-c2nc(-c3ccc4c(c3)c3ccccc3n4-c3ccccc3)nc(-c3cccc4c3oc3c(-c5cccc6c5oc5ccccc56)cccc34)n2)cc1. The van der Waals surface area contributed by atoms with Crippen LogP contribution in [0.4, 0.5) is 0 Å². The van der Waals surface area contributed by atoms with Gasteiger partial charge in [-0.1, -0.05) is 133 Å². The number of aromatic nitrogens is 4. The van der Waals surface area contributed by atoms with Gasteiger partial charge in [0.15, 0.2) is 17.5 Å². The fourth-order valence-corrected chi connectivity index (χ4v) is 8.48. The van der Waals surface area contributed by atoms with Gasteiger partial charge >= 0.3 is 0 Å². The molecule has 4 aromatic heterocycles. The largest absolute Gasteiger partial charge is 0.455 e. The van der Waals surface area contributed by atoms with Gasteiger partial charge in [-0.25, -0.2) is 15.0 Å². The summed E-state index contributed by atoms with van der Waals surface area (Å²) in [7, 11) is 0. The molecule has 0 unspecified atom stereocenters. The second-order valence-electron chi connectivity index (χ2n) is 14.3. The van der Waals surface area contributed by atoms with E-state index >= 15 is 0 Å². The maximum Gasteiger partial charge on any atom is 0.167 e. The molecule has 0 amide bonds. The van der Waals surface area contributed by atoms with Crippen LogP contribution >= 0.6 is 0 Å². The van der Waals surface area contributed by atoms with E-state index in [0.29, 0.717) is 23.1 Å². The minimum Gasteiger partial charge on any atom is -0.455 e. The normalized spacial score (nSPS) is 11.9. The summed E-state index contributed by atoms with van der Waals surface area (Å²) in [6.07, 6.45) is 0. The topological polar surface area (TPSA) is 69.9 Å². The predicted molar refractivity (Wildman–Crippen MR) is 230 cm³/mol. The predicted octanol–water partition coefficient (Wildman–Crippen LogP) is 13.4. The zero-order valence-corrected chi connectivity index (χ0v) is 30.4. The van der Waals surface area contributed by atoms with E-state index in [1.165, 1.54) is 0 Å². The van der Waals surface area contributed by atoms with Gasteiger partial charge in [0.1, 0.15) is 22.3 Å². The summed E-state index contributed by atoms with van der Waals surface area (Å²) in [5.74, 6) is 1.71. The van der Waals surface area contributed by atoms with Gasteiger partial charge in [0, 0.05) is 60.3 Å². The second kappa shape index (κ2) is 12.3. The zero-order chi connectivity index (χ0) is 37.5.